The molecule has 0 radical (unpaired) electrons. The fourth-order valence-electron chi connectivity index (χ4n) is 1.65. The molecule has 0 unspecified atom stereocenters. The predicted molar refractivity (Wildman–Crippen MR) is 73.5 cm³/mol. The van der Waals surface area contributed by atoms with Crippen LogP contribution < -0.4 is 0 Å². The lowest BCUT2D eigenvalue weighted by atomic mass is 10.1. The molecule has 16 heavy (non-hydrogen) atoms. The topological polar surface area (TPSA) is 12.9 Å². The zero-order valence-corrected chi connectivity index (χ0v) is 11.8. The monoisotopic (exact) mass is 317 g/mol. The van der Waals surface area contributed by atoms with Gasteiger partial charge in [-0.3, -0.25) is 4.98 Å². The summed E-state index contributed by atoms with van der Waals surface area (Å²) in [6.07, 6.45) is 1.96. The minimum Gasteiger partial charge on any atom is -0.251 e. The van der Waals surface area contributed by atoms with Crippen molar-refractivity contribution in [1.29, 1.82) is 0 Å². The summed E-state index contributed by atoms with van der Waals surface area (Å²) in [5.74, 6) is 0. The molecule has 4 heteroatoms. The van der Waals surface area contributed by atoms with Crippen LogP contribution in [0.1, 0.15) is 19.0 Å². The molecule has 0 bridgehead atoms. The van der Waals surface area contributed by atoms with Gasteiger partial charge in [-0.1, -0.05) is 52.5 Å². The largest absolute Gasteiger partial charge is 0.251 e. The van der Waals surface area contributed by atoms with E-state index >= 15 is 0 Å². The Balaban J connectivity index is 2.71. The molecule has 0 fully saturated rings. The molecule has 1 heterocycles. The third-order valence-electron chi connectivity index (χ3n) is 2.34. The zero-order valence-electron chi connectivity index (χ0n) is 8.73. The summed E-state index contributed by atoms with van der Waals surface area (Å²) >= 11 is 15.8. The van der Waals surface area contributed by atoms with Crippen LogP contribution >= 0.6 is 39.1 Å². The van der Waals surface area contributed by atoms with Crippen molar-refractivity contribution >= 4 is 50.0 Å². The van der Waals surface area contributed by atoms with E-state index in [-0.39, 0.29) is 0 Å². The number of halogens is 3. The van der Waals surface area contributed by atoms with Gasteiger partial charge in [0.05, 0.1) is 15.6 Å². The van der Waals surface area contributed by atoms with Crippen molar-refractivity contribution < 1.29 is 0 Å². The number of aromatic nitrogens is 1. The van der Waals surface area contributed by atoms with Gasteiger partial charge < -0.3 is 0 Å². The average Bonchev–Trinajstić information content (AvgIpc) is 2.20. The second-order valence-corrected chi connectivity index (χ2v) is 5.36. The summed E-state index contributed by atoms with van der Waals surface area (Å²) in [4.78, 5) is 4.53. The van der Waals surface area contributed by atoms with E-state index in [1.54, 1.807) is 0 Å². The molecular formula is C12H10BrCl2N. The van der Waals surface area contributed by atoms with Gasteiger partial charge in [0.25, 0.3) is 0 Å². The molecule has 0 aliphatic heterocycles. The first-order chi connectivity index (χ1) is 7.61. The maximum atomic E-state index is 6.22. The number of benzene rings is 1. The molecule has 0 N–H and O–H groups in total. The van der Waals surface area contributed by atoms with Crippen LogP contribution in [0.3, 0.4) is 0 Å². The summed E-state index contributed by atoms with van der Waals surface area (Å²) < 4.78 is 0.914. The first kappa shape index (κ1) is 12.2. The first-order valence-electron chi connectivity index (χ1n) is 5.06. The van der Waals surface area contributed by atoms with Crippen LogP contribution in [0, 0.1) is 0 Å². The smallest absolute Gasteiger partial charge is 0.0907 e. The lowest BCUT2D eigenvalue weighted by Crippen LogP contribution is -1.91. The van der Waals surface area contributed by atoms with Crippen molar-refractivity contribution in [3.8, 4) is 0 Å². The Bertz CT molecular complexity index is 540. The molecule has 0 aliphatic rings. The molecule has 0 saturated carbocycles. The third kappa shape index (κ3) is 2.34. The quantitative estimate of drug-likeness (QED) is 0.736. The van der Waals surface area contributed by atoms with E-state index in [0.717, 1.165) is 33.9 Å². The highest BCUT2D eigenvalue weighted by Crippen LogP contribution is 2.31. The Morgan fingerprint density at radius 1 is 1.19 bits per heavy atom. The van der Waals surface area contributed by atoms with Crippen LogP contribution in [-0.4, -0.2) is 4.98 Å². The zero-order chi connectivity index (χ0) is 11.7. The molecule has 0 spiro atoms. The van der Waals surface area contributed by atoms with Gasteiger partial charge in [0.15, 0.2) is 0 Å². The summed E-state index contributed by atoms with van der Waals surface area (Å²) in [5, 5.41) is 2.22. The Morgan fingerprint density at radius 3 is 2.62 bits per heavy atom. The van der Waals surface area contributed by atoms with Crippen molar-refractivity contribution in [2.24, 2.45) is 0 Å². The van der Waals surface area contributed by atoms with E-state index in [1.165, 1.54) is 0 Å². The van der Waals surface area contributed by atoms with E-state index in [1.807, 2.05) is 18.2 Å². The molecule has 1 aromatic heterocycles. The molecule has 1 aromatic carbocycles. The Hall–Kier alpha value is -0.310. The maximum Gasteiger partial charge on any atom is 0.0907 e. The van der Waals surface area contributed by atoms with E-state index in [4.69, 9.17) is 23.2 Å². The van der Waals surface area contributed by atoms with Gasteiger partial charge in [-0.2, -0.15) is 0 Å². The first-order valence-corrected chi connectivity index (χ1v) is 6.61. The average molecular weight is 319 g/mol. The SMILES string of the molecule is CCCc1cc(Cl)c2cc(Br)cc(Cl)c2n1. The number of aryl methyl sites for hydroxylation is 1. The van der Waals surface area contributed by atoms with Crippen LogP contribution in [-0.2, 0) is 6.42 Å². The summed E-state index contributed by atoms with van der Waals surface area (Å²) in [6, 6.07) is 5.69. The molecule has 1 nitrogen and oxygen atoms in total. The third-order valence-corrected chi connectivity index (χ3v) is 3.40. The van der Waals surface area contributed by atoms with Crippen molar-refractivity contribution in [1.82, 2.24) is 4.98 Å². The number of nitrogens with zero attached hydrogens (tertiary/aromatic N) is 1. The lowest BCUT2D eigenvalue weighted by molar-refractivity contribution is 0.890. The van der Waals surface area contributed by atoms with E-state index in [9.17, 15) is 0 Å². The van der Waals surface area contributed by atoms with E-state index in [0.29, 0.717) is 10.0 Å². The Morgan fingerprint density at radius 2 is 1.94 bits per heavy atom. The second kappa shape index (κ2) is 4.91. The van der Waals surface area contributed by atoms with Gasteiger partial charge in [-0.15, -0.1) is 0 Å². The van der Waals surface area contributed by atoms with Crippen LogP contribution in [0.4, 0.5) is 0 Å². The summed E-state index contributed by atoms with van der Waals surface area (Å²) in [5.41, 5.74) is 1.77. The predicted octanol–water partition coefficient (Wildman–Crippen LogP) is 5.26. The van der Waals surface area contributed by atoms with E-state index in [2.05, 4.69) is 27.8 Å². The maximum absolute atomic E-state index is 6.22. The molecule has 0 amide bonds. The normalized spacial score (nSPS) is 11.0. The minimum atomic E-state index is 0.629. The number of hydrogen-bond donors (Lipinski definition) is 0. The van der Waals surface area contributed by atoms with Gasteiger partial charge in [0.1, 0.15) is 0 Å². The number of fused-ring (bicyclic) bond motifs is 1. The van der Waals surface area contributed by atoms with Crippen molar-refractivity contribution in [3.05, 3.63) is 38.4 Å². The minimum absolute atomic E-state index is 0.629. The van der Waals surface area contributed by atoms with E-state index < -0.39 is 0 Å². The Kier molecular flexibility index (Phi) is 3.73. The van der Waals surface area contributed by atoms with Crippen LogP contribution in [0.25, 0.3) is 10.9 Å². The molecule has 0 saturated heterocycles. The lowest BCUT2D eigenvalue weighted by Gasteiger charge is -2.06. The fourth-order valence-corrected chi connectivity index (χ4v) is 2.77. The van der Waals surface area contributed by atoms with Gasteiger partial charge in [0, 0.05) is 15.6 Å². The van der Waals surface area contributed by atoms with Gasteiger partial charge in [-0.25, -0.2) is 0 Å². The summed E-state index contributed by atoms with van der Waals surface area (Å²) in [7, 11) is 0. The molecule has 0 atom stereocenters. The molecule has 2 rings (SSSR count). The van der Waals surface area contributed by atoms with Crippen LogP contribution in [0.15, 0.2) is 22.7 Å². The number of pyridine rings is 1. The number of hydrogen-bond acceptors (Lipinski definition) is 1. The fraction of sp³-hybridized carbons (Fsp3) is 0.250. The molecule has 2 aromatic rings. The molecule has 84 valence electrons. The highest BCUT2D eigenvalue weighted by Gasteiger charge is 2.08. The molecule has 0 aliphatic carbocycles. The second-order valence-electron chi connectivity index (χ2n) is 3.63. The van der Waals surface area contributed by atoms with Gasteiger partial charge in [0.2, 0.25) is 0 Å². The van der Waals surface area contributed by atoms with Crippen molar-refractivity contribution in [2.45, 2.75) is 19.8 Å². The van der Waals surface area contributed by atoms with Crippen LogP contribution in [0.5, 0.6) is 0 Å². The highest BCUT2D eigenvalue weighted by molar-refractivity contribution is 9.10. The molecular weight excluding hydrogens is 309 g/mol. The van der Waals surface area contributed by atoms with Crippen molar-refractivity contribution in [2.75, 3.05) is 0 Å². The van der Waals surface area contributed by atoms with Crippen molar-refractivity contribution in [3.63, 3.8) is 0 Å². The van der Waals surface area contributed by atoms with Crippen LogP contribution in [0.2, 0.25) is 10.0 Å². The van der Waals surface area contributed by atoms with Gasteiger partial charge >= 0.3 is 0 Å². The highest BCUT2D eigenvalue weighted by atomic mass is 79.9. The number of rotatable bonds is 2. The Labute approximate surface area is 113 Å². The van der Waals surface area contributed by atoms with Gasteiger partial charge in [-0.05, 0) is 24.6 Å². The summed E-state index contributed by atoms with van der Waals surface area (Å²) in [6.45, 7) is 2.11. The standard InChI is InChI=1S/C12H10BrCl2N/c1-2-3-8-6-10(14)9-4-7(13)5-11(15)12(9)16-8/h4-6H,2-3H2,1H3.